The van der Waals surface area contributed by atoms with Crippen molar-refractivity contribution in [2.24, 2.45) is 0 Å². The Morgan fingerprint density at radius 1 is 1.45 bits per heavy atom. The summed E-state index contributed by atoms with van der Waals surface area (Å²) in [5.74, 6) is 2.96. The van der Waals surface area contributed by atoms with Gasteiger partial charge < -0.3 is 4.79 Å². The summed E-state index contributed by atoms with van der Waals surface area (Å²) in [6.45, 7) is 6.37. The van der Waals surface area contributed by atoms with E-state index in [9.17, 15) is 4.79 Å². The van der Waals surface area contributed by atoms with E-state index in [0.717, 1.165) is 18.8 Å². The van der Waals surface area contributed by atoms with E-state index in [0.29, 0.717) is 6.42 Å². The van der Waals surface area contributed by atoms with Gasteiger partial charge in [0, 0.05) is 6.42 Å². The van der Waals surface area contributed by atoms with Gasteiger partial charge in [-0.3, -0.25) is 0 Å². The second-order valence-corrected chi connectivity index (χ2v) is 7.84. The summed E-state index contributed by atoms with van der Waals surface area (Å²) < 4.78 is 0. The molecule has 0 atom stereocenters. The Kier molecular flexibility index (Phi) is 4.89. The Morgan fingerprint density at radius 3 is 2.55 bits per heavy atom. The Morgan fingerprint density at radius 2 is 2.09 bits per heavy atom. The van der Waals surface area contributed by atoms with Crippen molar-refractivity contribution < 1.29 is 4.79 Å². The predicted molar refractivity (Wildman–Crippen MR) is 51.0 cm³/mol. The molecule has 0 amide bonds. The number of hydrogen-bond acceptors (Lipinski definition) is 1. The van der Waals surface area contributed by atoms with Gasteiger partial charge in [0.1, 0.15) is 14.4 Å². The first-order chi connectivity index (χ1) is 5.12. The van der Waals surface area contributed by atoms with Gasteiger partial charge in [-0.2, -0.15) is 0 Å². The van der Waals surface area contributed by atoms with Gasteiger partial charge in [0.05, 0.1) is 0 Å². The molecule has 11 heavy (non-hydrogen) atoms. The maximum absolute atomic E-state index is 10.0. The van der Waals surface area contributed by atoms with Gasteiger partial charge in [0.2, 0.25) is 0 Å². The van der Waals surface area contributed by atoms with E-state index >= 15 is 0 Å². The molecule has 0 aromatic rings. The minimum atomic E-state index is -1.26. The maximum atomic E-state index is 10.0. The number of hydrogen-bond donors (Lipinski definition) is 0. The van der Waals surface area contributed by atoms with Crippen molar-refractivity contribution in [3.63, 3.8) is 0 Å². The molecule has 0 rings (SSSR count). The summed E-state index contributed by atoms with van der Waals surface area (Å²) in [5.41, 5.74) is 3.25. The molecule has 0 fully saturated rings. The number of aldehydes is 1. The third-order valence-electron chi connectivity index (χ3n) is 1.59. The summed E-state index contributed by atoms with van der Waals surface area (Å²) >= 11 is 0. The minimum Gasteiger partial charge on any atom is -0.303 e. The molecule has 0 aromatic carbocycles. The smallest absolute Gasteiger partial charge is 0.132 e. The van der Waals surface area contributed by atoms with E-state index < -0.39 is 8.07 Å². The van der Waals surface area contributed by atoms with Crippen molar-refractivity contribution in [3.05, 3.63) is 0 Å². The molecule has 0 N–H and O–H groups in total. The number of carbonyl (C=O) groups excluding carboxylic acids is 1. The van der Waals surface area contributed by atoms with E-state index in [4.69, 9.17) is 0 Å². The molecule has 0 heterocycles. The van der Waals surface area contributed by atoms with Gasteiger partial charge in [-0.25, -0.2) is 0 Å². The van der Waals surface area contributed by atoms with Crippen molar-refractivity contribution in [1.29, 1.82) is 0 Å². The fraction of sp³-hybridized carbons (Fsp3) is 0.667. The molecule has 1 nitrogen and oxygen atoms in total. The van der Waals surface area contributed by atoms with Gasteiger partial charge >= 0.3 is 0 Å². The molecule has 0 bridgehead atoms. The summed E-state index contributed by atoms with van der Waals surface area (Å²) in [6, 6.07) is 1.15. The van der Waals surface area contributed by atoms with Crippen LogP contribution in [0.25, 0.3) is 0 Å². The van der Waals surface area contributed by atoms with E-state index in [-0.39, 0.29) is 0 Å². The average Bonchev–Trinajstić information content (AvgIpc) is 1.87. The van der Waals surface area contributed by atoms with Crippen LogP contribution in [0.3, 0.4) is 0 Å². The highest BCUT2D eigenvalue weighted by molar-refractivity contribution is 6.85. The lowest BCUT2D eigenvalue weighted by Crippen LogP contribution is -2.22. The van der Waals surface area contributed by atoms with E-state index in [2.05, 4.69) is 24.6 Å². The van der Waals surface area contributed by atoms with Gasteiger partial charge in [-0.15, -0.1) is 11.5 Å². The van der Waals surface area contributed by atoms with Crippen molar-refractivity contribution in [2.75, 3.05) is 0 Å². The Bertz CT molecular complexity index is 174. The molecule has 0 spiro atoms. The fourth-order valence-corrected chi connectivity index (χ4v) is 2.92. The van der Waals surface area contributed by atoms with Crippen LogP contribution in [0, 0.1) is 11.5 Å². The zero-order valence-corrected chi connectivity index (χ0v) is 8.61. The summed E-state index contributed by atoms with van der Waals surface area (Å²) in [4.78, 5) is 10.0. The zero-order valence-electron chi connectivity index (χ0n) is 7.61. The van der Waals surface area contributed by atoms with Crippen molar-refractivity contribution in [3.8, 4) is 11.5 Å². The molecule has 2 heteroatoms. The van der Waals surface area contributed by atoms with Crippen LogP contribution >= 0.6 is 0 Å². The third-order valence-corrected chi connectivity index (χ3v) is 4.12. The number of rotatable bonds is 4. The Balaban J connectivity index is 3.69. The number of unbranched alkanes of at least 4 members (excludes halogenated alkanes) is 1. The molecule has 0 aliphatic rings. The molecule has 0 radical (unpaired) electrons. The highest BCUT2D eigenvalue weighted by atomic mass is 28.3. The predicted octanol–water partition coefficient (Wildman–Crippen LogP) is 2.24. The second kappa shape index (κ2) is 5.14. The van der Waals surface area contributed by atoms with Gasteiger partial charge in [-0.1, -0.05) is 13.1 Å². The molecule has 0 aliphatic heterocycles. The zero-order chi connectivity index (χ0) is 8.74. The van der Waals surface area contributed by atoms with Crippen molar-refractivity contribution in [1.82, 2.24) is 0 Å². The molecule has 0 aliphatic carbocycles. The summed E-state index contributed by atoms with van der Waals surface area (Å²) in [6.07, 6.45) is 2.70. The van der Waals surface area contributed by atoms with Gasteiger partial charge in [0.15, 0.2) is 0 Å². The topological polar surface area (TPSA) is 17.1 Å². The second-order valence-electron chi connectivity index (χ2n) is 3.32. The summed E-state index contributed by atoms with van der Waals surface area (Å²) in [7, 11) is -1.26. The molecular formula is C9H16OSi. The first kappa shape index (κ1) is 10.4. The van der Waals surface area contributed by atoms with Crippen LogP contribution in [0.15, 0.2) is 0 Å². The summed E-state index contributed by atoms with van der Waals surface area (Å²) in [5, 5.41) is 0. The maximum Gasteiger partial charge on any atom is 0.132 e. The van der Waals surface area contributed by atoms with E-state index in [1.165, 1.54) is 0 Å². The van der Waals surface area contributed by atoms with Crippen LogP contribution in [0.1, 0.15) is 19.8 Å². The lowest BCUT2D eigenvalue weighted by Gasteiger charge is -2.12. The molecule has 0 aromatic heterocycles. The first-order valence-electron chi connectivity index (χ1n) is 4.00. The van der Waals surface area contributed by atoms with Crippen LogP contribution in [0.5, 0.6) is 0 Å². The van der Waals surface area contributed by atoms with E-state index in [1.54, 1.807) is 0 Å². The van der Waals surface area contributed by atoms with Gasteiger partial charge in [-0.05, 0) is 19.4 Å². The van der Waals surface area contributed by atoms with Crippen LogP contribution in [0.4, 0.5) is 0 Å². The standard InChI is InChI=1S/C9H16OSi/c1-4-8-11(2,3)9-6-5-7-10/h7H,5-6,9H2,1-3H3. The van der Waals surface area contributed by atoms with Crippen LogP contribution in [-0.4, -0.2) is 14.4 Å². The van der Waals surface area contributed by atoms with E-state index in [1.807, 2.05) is 6.92 Å². The average molecular weight is 168 g/mol. The number of carbonyl (C=O) groups is 1. The van der Waals surface area contributed by atoms with Crippen molar-refractivity contribution in [2.45, 2.75) is 38.9 Å². The third kappa shape index (κ3) is 5.87. The highest BCUT2D eigenvalue weighted by Crippen LogP contribution is 2.11. The van der Waals surface area contributed by atoms with Crippen LogP contribution in [-0.2, 0) is 4.79 Å². The first-order valence-corrected chi connectivity index (χ1v) is 7.20. The lowest BCUT2D eigenvalue weighted by atomic mass is 10.4. The highest BCUT2D eigenvalue weighted by Gasteiger charge is 2.16. The Hall–Kier alpha value is -0.553. The Labute approximate surface area is 70.2 Å². The van der Waals surface area contributed by atoms with Crippen molar-refractivity contribution >= 4 is 14.4 Å². The minimum absolute atomic E-state index is 0.696. The molecule has 62 valence electrons. The van der Waals surface area contributed by atoms with Crippen LogP contribution in [0.2, 0.25) is 19.1 Å². The fourth-order valence-electron chi connectivity index (χ4n) is 1.03. The molecular weight excluding hydrogens is 152 g/mol. The molecule has 0 unspecified atom stereocenters. The normalized spacial score (nSPS) is 10.1. The monoisotopic (exact) mass is 168 g/mol. The SMILES string of the molecule is CC#C[Si](C)(C)CCCC=O. The quantitative estimate of drug-likeness (QED) is 0.272. The largest absolute Gasteiger partial charge is 0.303 e. The molecule has 0 saturated carbocycles. The van der Waals surface area contributed by atoms with Crippen LogP contribution < -0.4 is 0 Å². The lowest BCUT2D eigenvalue weighted by molar-refractivity contribution is -0.107. The van der Waals surface area contributed by atoms with Gasteiger partial charge in [0.25, 0.3) is 0 Å². The molecule has 0 saturated heterocycles.